The fourth-order valence-corrected chi connectivity index (χ4v) is 1.90. The maximum atomic E-state index is 11.3. The highest BCUT2D eigenvalue weighted by atomic mass is 16.1. The molecule has 2 heteroatoms. The molecule has 0 radical (unpaired) electrons. The molecule has 0 aliphatic heterocycles. The zero-order valence-electron chi connectivity index (χ0n) is 10.2. The molecule has 2 nitrogen and oxygen atoms in total. The van der Waals surface area contributed by atoms with E-state index in [1.165, 1.54) is 10.8 Å². The van der Waals surface area contributed by atoms with Crippen LogP contribution in [0.15, 0.2) is 42.5 Å². The van der Waals surface area contributed by atoms with Gasteiger partial charge in [0.15, 0.2) is 0 Å². The van der Waals surface area contributed by atoms with E-state index in [2.05, 4.69) is 35.6 Å². The maximum absolute atomic E-state index is 11.3. The van der Waals surface area contributed by atoms with Crippen LogP contribution in [-0.4, -0.2) is 5.91 Å². The van der Waals surface area contributed by atoms with E-state index in [9.17, 15) is 4.79 Å². The molecule has 0 spiro atoms. The summed E-state index contributed by atoms with van der Waals surface area (Å²) in [6.45, 7) is 3.88. The zero-order valence-corrected chi connectivity index (χ0v) is 10.2. The fraction of sp³-hybridized carbons (Fsp3) is 0.267. The standard InChI is InChI=1S/C15H17NO/c1-3-15(17)16-11(2)13-9-8-12-6-4-5-7-14(12)10-13/h4-11H,3H2,1-2H3,(H,16,17). The Kier molecular flexibility index (Phi) is 3.43. The molecule has 1 N–H and O–H groups in total. The minimum atomic E-state index is 0.0621. The van der Waals surface area contributed by atoms with Gasteiger partial charge < -0.3 is 5.32 Å². The summed E-state index contributed by atoms with van der Waals surface area (Å²) in [7, 11) is 0. The molecule has 0 aliphatic carbocycles. The predicted octanol–water partition coefficient (Wildman–Crippen LogP) is 3.43. The highest BCUT2D eigenvalue weighted by Crippen LogP contribution is 2.20. The molecular weight excluding hydrogens is 210 g/mol. The molecule has 2 aromatic rings. The molecule has 0 aromatic heterocycles. The number of rotatable bonds is 3. The van der Waals surface area contributed by atoms with Crippen LogP contribution in [0, 0.1) is 0 Å². The zero-order chi connectivity index (χ0) is 12.3. The van der Waals surface area contributed by atoms with Gasteiger partial charge in [-0.15, -0.1) is 0 Å². The molecular formula is C15H17NO. The van der Waals surface area contributed by atoms with Crippen LogP contribution >= 0.6 is 0 Å². The predicted molar refractivity (Wildman–Crippen MR) is 70.8 cm³/mol. The van der Waals surface area contributed by atoms with Crippen LogP contribution in [0.1, 0.15) is 31.9 Å². The van der Waals surface area contributed by atoms with Crippen LogP contribution < -0.4 is 5.32 Å². The van der Waals surface area contributed by atoms with E-state index in [1.54, 1.807) is 0 Å². The van der Waals surface area contributed by atoms with Gasteiger partial charge in [-0.1, -0.05) is 43.3 Å². The SMILES string of the molecule is CCC(=O)NC(C)c1ccc2ccccc2c1. The third-order valence-corrected chi connectivity index (χ3v) is 2.97. The monoisotopic (exact) mass is 227 g/mol. The van der Waals surface area contributed by atoms with Crippen LogP contribution in [0.2, 0.25) is 0 Å². The van der Waals surface area contributed by atoms with Gasteiger partial charge in [0.1, 0.15) is 0 Å². The normalized spacial score (nSPS) is 12.4. The van der Waals surface area contributed by atoms with E-state index >= 15 is 0 Å². The van der Waals surface area contributed by atoms with Crippen molar-refractivity contribution in [2.45, 2.75) is 26.3 Å². The highest BCUT2D eigenvalue weighted by Gasteiger charge is 2.08. The molecule has 1 amide bonds. The number of fused-ring (bicyclic) bond motifs is 1. The second-order valence-corrected chi connectivity index (χ2v) is 4.25. The summed E-state index contributed by atoms with van der Waals surface area (Å²) in [5.74, 6) is 0.0886. The van der Waals surface area contributed by atoms with E-state index in [4.69, 9.17) is 0 Å². The lowest BCUT2D eigenvalue weighted by Gasteiger charge is -2.14. The van der Waals surface area contributed by atoms with E-state index < -0.39 is 0 Å². The Hall–Kier alpha value is -1.83. The van der Waals surface area contributed by atoms with Gasteiger partial charge in [-0.3, -0.25) is 4.79 Å². The lowest BCUT2D eigenvalue weighted by molar-refractivity contribution is -0.121. The maximum Gasteiger partial charge on any atom is 0.220 e. The van der Waals surface area contributed by atoms with Crippen LogP contribution in [0.4, 0.5) is 0 Å². The van der Waals surface area contributed by atoms with Crippen LogP contribution in [0.5, 0.6) is 0 Å². The molecule has 88 valence electrons. The summed E-state index contributed by atoms with van der Waals surface area (Å²) < 4.78 is 0. The Labute approximate surface area is 102 Å². The summed E-state index contributed by atoms with van der Waals surface area (Å²) in [6, 6.07) is 14.6. The molecule has 0 fully saturated rings. The molecule has 17 heavy (non-hydrogen) atoms. The smallest absolute Gasteiger partial charge is 0.220 e. The molecule has 1 unspecified atom stereocenters. The van der Waals surface area contributed by atoms with Crippen molar-refractivity contribution >= 4 is 16.7 Å². The molecule has 0 heterocycles. The van der Waals surface area contributed by atoms with Gasteiger partial charge in [-0.2, -0.15) is 0 Å². The van der Waals surface area contributed by atoms with Crippen molar-refractivity contribution < 1.29 is 4.79 Å². The van der Waals surface area contributed by atoms with Crippen molar-refractivity contribution in [1.29, 1.82) is 0 Å². The van der Waals surface area contributed by atoms with Gasteiger partial charge in [0.25, 0.3) is 0 Å². The van der Waals surface area contributed by atoms with Crippen molar-refractivity contribution in [1.82, 2.24) is 5.32 Å². The average molecular weight is 227 g/mol. The van der Waals surface area contributed by atoms with Gasteiger partial charge in [0.05, 0.1) is 6.04 Å². The molecule has 0 saturated carbocycles. The van der Waals surface area contributed by atoms with Crippen molar-refractivity contribution in [3.8, 4) is 0 Å². The molecule has 0 saturated heterocycles. The summed E-state index contributed by atoms with van der Waals surface area (Å²) in [5.41, 5.74) is 1.14. The first-order valence-electron chi connectivity index (χ1n) is 5.98. The van der Waals surface area contributed by atoms with Gasteiger partial charge in [-0.05, 0) is 29.3 Å². The number of nitrogens with one attached hydrogen (secondary N) is 1. The average Bonchev–Trinajstić information content (AvgIpc) is 2.38. The first-order valence-corrected chi connectivity index (χ1v) is 5.98. The van der Waals surface area contributed by atoms with E-state index in [0.717, 1.165) is 5.56 Å². The quantitative estimate of drug-likeness (QED) is 0.855. The first kappa shape index (κ1) is 11.6. The van der Waals surface area contributed by atoms with Gasteiger partial charge in [0.2, 0.25) is 5.91 Å². The Morgan fingerprint density at radius 1 is 1.18 bits per heavy atom. The molecule has 2 aromatic carbocycles. The Morgan fingerprint density at radius 2 is 1.88 bits per heavy atom. The van der Waals surface area contributed by atoms with E-state index in [1.807, 2.05) is 26.0 Å². The highest BCUT2D eigenvalue weighted by molar-refractivity contribution is 5.83. The van der Waals surface area contributed by atoms with Crippen molar-refractivity contribution in [3.63, 3.8) is 0 Å². The number of carbonyl (C=O) groups is 1. The van der Waals surface area contributed by atoms with E-state index in [0.29, 0.717) is 6.42 Å². The summed E-state index contributed by atoms with van der Waals surface area (Å²) in [4.78, 5) is 11.3. The van der Waals surface area contributed by atoms with Gasteiger partial charge in [-0.25, -0.2) is 0 Å². The largest absolute Gasteiger partial charge is 0.350 e. The van der Waals surface area contributed by atoms with E-state index in [-0.39, 0.29) is 11.9 Å². The minimum Gasteiger partial charge on any atom is -0.350 e. The molecule has 1 atom stereocenters. The van der Waals surface area contributed by atoms with Crippen molar-refractivity contribution in [2.75, 3.05) is 0 Å². The Balaban J connectivity index is 2.26. The van der Waals surface area contributed by atoms with Crippen molar-refractivity contribution in [2.24, 2.45) is 0 Å². The molecule has 0 aliphatic rings. The fourth-order valence-electron chi connectivity index (χ4n) is 1.90. The number of benzene rings is 2. The number of hydrogen-bond acceptors (Lipinski definition) is 1. The first-order chi connectivity index (χ1) is 8.20. The third-order valence-electron chi connectivity index (χ3n) is 2.97. The third kappa shape index (κ3) is 2.64. The van der Waals surface area contributed by atoms with Gasteiger partial charge in [0, 0.05) is 6.42 Å². The summed E-state index contributed by atoms with van der Waals surface area (Å²) in [6.07, 6.45) is 0.526. The van der Waals surface area contributed by atoms with Crippen LogP contribution in [-0.2, 0) is 4.79 Å². The topological polar surface area (TPSA) is 29.1 Å². The Morgan fingerprint density at radius 3 is 2.59 bits per heavy atom. The number of carbonyl (C=O) groups excluding carboxylic acids is 1. The summed E-state index contributed by atoms with van der Waals surface area (Å²) in [5, 5.41) is 5.41. The number of hydrogen-bond donors (Lipinski definition) is 1. The number of amides is 1. The van der Waals surface area contributed by atoms with Crippen LogP contribution in [0.3, 0.4) is 0 Å². The van der Waals surface area contributed by atoms with Gasteiger partial charge >= 0.3 is 0 Å². The van der Waals surface area contributed by atoms with Crippen LogP contribution in [0.25, 0.3) is 10.8 Å². The second-order valence-electron chi connectivity index (χ2n) is 4.25. The second kappa shape index (κ2) is 5.00. The van der Waals surface area contributed by atoms with Crippen molar-refractivity contribution in [3.05, 3.63) is 48.0 Å². The Bertz CT molecular complexity index is 533. The molecule has 2 rings (SSSR count). The minimum absolute atomic E-state index is 0.0621. The lowest BCUT2D eigenvalue weighted by Crippen LogP contribution is -2.25. The summed E-state index contributed by atoms with van der Waals surface area (Å²) >= 11 is 0. The lowest BCUT2D eigenvalue weighted by atomic mass is 10.0. The molecule has 0 bridgehead atoms.